The van der Waals surface area contributed by atoms with Gasteiger partial charge in [-0.2, -0.15) is 4.58 Å². The summed E-state index contributed by atoms with van der Waals surface area (Å²) in [5, 5.41) is 28.4. The molecule has 0 radical (unpaired) electrons. The quantitative estimate of drug-likeness (QED) is 0.371. The summed E-state index contributed by atoms with van der Waals surface area (Å²) in [5.74, 6) is -0.195. The Morgan fingerprint density at radius 1 is 0.641 bits per heavy atom. The lowest BCUT2D eigenvalue weighted by molar-refractivity contribution is -0.457. The molecule has 0 bridgehead atoms. The fraction of sp³-hybridized carbons (Fsp3) is 0.267. The van der Waals surface area contributed by atoms with Crippen LogP contribution in [0.5, 0.6) is 17.2 Å². The predicted octanol–water partition coefficient (Wildman–Crippen LogP) is 4.40. The van der Waals surface area contributed by atoms with Gasteiger partial charge < -0.3 is 25.1 Å². The van der Waals surface area contributed by atoms with Crippen molar-refractivity contribution < 1.29 is 34.3 Å². The number of nitrogens with zero attached hydrogens (tertiary/aromatic N) is 3. The number of rotatable bonds is 0. The van der Waals surface area contributed by atoms with Crippen molar-refractivity contribution in [1.29, 1.82) is 0 Å². The first kappa shape index (κ1) is 27.4. The zero-order chi connectivity index (χ0) is 28.8. The highest BCUT2D eigenvalue weighted by molar-refractivity contribution is 6.02. The largest absolute Gasteiger partial charge is 0.507 e. The minimum atomic E-state index is -0.208. The van der Waals surface area contributed by atoms with E-state index in [-0.39, 0.29) is 53.1 Å². The lowest BCUT2D eigenvalue weighted by Gasteiger charge is -2.14. The molecule has 0 spiro atoms. The van der Waals surface area contributed by atoms with E-state index in [0.717, 1.165) is 16.7 Å². The third-order valence-corrected chi connectivity index (χ3v) is 7.75. The standard InChI is InChI=1S/2C10H11NO2.C10H9NO2/c3*1-6-7-4-3-5-8(12)9(7)10(13)11(6)2/h2*3-6,12H,1-2H3;3-6H,2H2,1H3/p+1/t6-;;6-/m0.1/s1. The average molecular weight is 531 g/mol. The van der Waals surface area contributed by atoms with E-state index in [0.29, 0.717) is 16.7 Å². The molecule has 0 saturated carbocycles. The summed E-state index contributed by atoms with van der Waals surface area (Å²) in [7, 11) is 3.48. The van der Waals surface area contributed by atoms with Crippen LogP contribution in [0.15, 0.2) is 54.6 Å². The molecule has 0 saturated heterocycles. The van der Waals surface area contributed by atoms with Gasteiger partial charge in [-0.25, -0.2) is 4.79 Å². The van der Waals surface area contributed by atoms with Crippen molar-refractivity contribution >= 4 is 24.4 Å². The molecule has 3 aromatic rings. The van der Waals surface area contributed by atoms with Crippen LogP contribution in [-0.2, 0) is 0 Å². The second-order valence-electron chi connectivity index (χ2n) is 9.86. The molecule has 3 amide bonds. The molecule has 0 aromatic heterocycles. The van der Waals surface area contributed by atoms with Crippen molar-refractivity contribution in [2.75, 3.05) is 14.1 Å². The SMILES string of the molecule is C=[N+]1C(=O)c2c(O)cccc2[C@H]1C.CC1c2cccc(O)c2C(=O)N1C.C[C@H]1c2cccc(O)c2C(=O)N1C. The number of hydrogen-bond donors (Lipinski definition) is 3. The van der Waals surface area contributed by atoms with Gasteiger partial charge in [-0.3, -0.25) is 9.59 Å². The highest BCUT2D eigenvalue weighted by Gasteiger charge is 2.40. The minimum absolute atomic E-state index is 0.0421. The van der Waals surface area contributed by atoms with Gasteiger partial charge in [-0.05, 0) is 43.2 Å². The van der Waals surface area contributed by atoms with Crippen molar-refractivity contribution in [1.82, 2.24) is 9.80 Å². The number of phenols is 3. The highest BCUT2D eigenvalue weighted by Crippen LogP contribution is 2.37. The van der Waals surface area contributed by atoms with Crippen molar-refractivity contribution in [3.63, 3.8) is 0 Å². The molecule has 3 atom stereocenters. The molecular weight excluding hydrogens is 498 g/mol. The van der Waals surface area contributed by atoms with Gasteiger partial charge in [0.1, 0.15) is 29.5 Å². The van der Waals surface area contributed by atoms with Gasteiger partial charge in [0.25, 0.3) is 11.8 Å². The maximum Gasteiger partial charge on any atom is 0.423 e. The second-order valence-corrected chi connectivity index (χ2v) is 9.86. The van der Waals surface area contributed by atoms with Crippen LogP contribution in [0.2, 0.25) is 0 Å². The maximum atomic E-state index is 11.6. The van der Waals surface area contributed by atoms with Gasteiger partial charge in [0.2, 0.25) is 0 Å². The lowest BCUT2D eigenvalue weighted by Crippen LogP contribution is -2.20. The zero-order valence-corrected chi connectivity index (χ0v) is 22.5. The van der Waals surface area contributed by atoms with E-state index in [2.05, 4.69) is 6.72 Å². The second kappa shape index (κ2) is 10.2. The van der Waals surface area contributed by atoms with E-state index in [9.17, 15) is 29.7 Å². The Labute approximate surface area is 226 Å². The van der Waals surface area contributed by atoms with Crippen molar-refractivity contribution in [3.8, 4) is 17.2 Å². The molecule has 3 aromatic carbocycles. The molecule has 6 rings (SSSR count). The Balaban J connectivity index is 0.000000136. The first-order chi connectivity index (χ1) is 18.4. The van der Waals surface area contributed by atoms with Crippen LogP contribution in [0.25, 0.3) is 0 Å². The van der Waals surface area contributed by atoms with E-state index in [4.69, 9.17) is 0 Å². The normalized spacial score (nSPS) is 20.6. The molecule has 0 aliphatic carbocycles. The van der Waals surface area contributed by atoms with Crippen molar-refractivity contribution in [2.45, 2.75) is 38.9 Å². The van der Waals surface area contributed by atoms with Gasteiger partial charge in [0, 0.05) is 26.6 Å². The number of hydrogen-bond acceptors (Lipinski definition) is 6. The fourth-order valence-electron chi connectivity index (χ4n) is 5.03. The number of amides is 3. The van der Waals surface area contributed by atoms with Crippen molar-refractivity contribution in [3.05, 3.63) is 88.0 Å². The number of carbonyl (C=O) groups is 3. The maximum absolute atomic E-state index is 11.6. The Hall–Kier alpha value is -4.66. The summed E-state index contributed by atoms with van der Waals surface area (Å²) >= 11 is 0. The molecule has 9 nitrogen and oxygen atoms in total. The summed E-state index contributed by atoms with van der Waals surface area (Å²) in [6.07, 6.45) is 0. The third kappa shape index (κ3) is 4.50. The molecule has 3 N–H and O–H groups in total. The van der Waals surface area contributed by atoms with Crippen LogP contribution in [0.4, 0.5) is 0 Å². The first-order valence-corrected chi connectivity index (χ1v) is 12.5. The first-order valence-electron chi connectivity index (χ1n) is 12.5. The van der Waals surface area contributed by atoms with Crippen LogP contribution in [-0.4, -0.2) is 68.2 Å². The van der Waals surface area contributed by atoms with Crippen LogP contribution < -0.4 is 0 Å². The average Bonchev–Trinajstić information content (AvgIpc) is 3.39. The lowest BCUT2D eigenvalue weighted by atomic mass is 10.1. The molecule has 1 unspecified atom stereocenters. The monoisotopic (exact) mass is 530 g/mol. The molecule has 202 valence electrons. The molecule has 0 fully saturated rings. The third-order valence-electron chi connectivity index (χ3n) is 7.75. The predicted molar refractivity (Wildman–Crippen MR) is 145 cm³/mol. The number of phenolic OH excluding ortho intramolecular Hbond substituents is 3. The summed E-state index contributed by atoms with van der Waals surface area (Å²) in [6, 6.07) is 15.5. The molecule has 3 heterocycles. The van der Waals surface area contributed by atoms with E-state index in [1.165, 1.54) is 10.6 Å². The number of benzene rings is 3. The smallest absolute Gasteiger partial charge is 0.423 e. The van der Waals surface area contributed by atoms with Crippen LogP contribution in [0.1, 0.15) is 86.7 Å². The van der Waals surface area contributed by atoms with Crippen LogP contribution in [0.3, 0.4) is 0 Å². The Kier molecular flexibility index (Phi) is 7.19. The van der Waals surface area contributed by atoms with E-state index < -0.39 is 0 Å². The fourth-order valence-corrected chi connectivity index (χ4v) is 5.03. The minimum Gasteiger partial charge on any atom is -0.507 e. The number of aromatic hydroxyl groups is 3. The summed E-state index contributed by atoms with van der Waals surface area (Å²) < 4.78 is 1.38. The summed E-state index contributed by atoms with van der Waals surface area (Å²) in [4.78, 5) is 38.0. The van der Waals surface area contributed by atoms with Gasteiger partial charge in [-0.1, -0.05) is 36.4 Å². The van der Waals surface area contributed by atoms with Gasteiger partial charge in [-0.15, -0.1) is 0 Å². The molecule has 9 heteroatoms. The Bertz CT molecular complexity index is 1440. The molecule has 39 heavy (non-hydrogen) atoms. The molecular formula is C30H32N3O6+. The zero-order valence-electron chi connectivity index (χ0n) is 22.5. The van der Waals surface area contributed by atoms with E-state index in [1.54, 1.807) is 54.2 Å². The van der Waals surface area contributed by atoms with Gasteiger partial charge >= 0.3 is 5.91 Å². The number of carbonyl (C=O) groups excluding carboxylic acids is 3. The van der Waals surface area contributed by atoms with Crippen molar-refractivity contribution in [2.24, 2.45) is 0 Å². The van der Waals surface area contributed by atoms with Crippen LogP contribution in [0, 0.1) is 0 Å². The molecule has 3 aliphatic rings. The highest BCUT2D eigenvalue weighted by atomic mass is 16.3. The molecule has 3 aliphatic heterocycles. The van der Waals surface area contributed by atoms with E-state index in [1.807, 2.05) is 39.0 Å². The van der Waals surface area contributed by atoms with Gasteiger partial charge in [0.15, 0.2) is 6.04 Å². The van der Waals surface area contributed by atoms with Gasteiger partial charge in [0.05, 0.1) is 23.2 Å². The van der Waals surface area contributed by atoms with Crippen LogP contribution >= 0.6 is 0 Å². The Morgan fingerprint density at radius 3 is 1.36 bits per heavy atom. The topological polar surface area (TPSA) is 121 Å². The number of fused-ring (bicyclic) bond motifs is 3. The summed E-state index contributed by atoms with van der Waals surface area (Å²) in [5.41, 5.74) is 3.97. The summed E-state index contributed by atoms with van der Waals surface area (Å²) in [6.45, 7) is 9.41. The Morgan fingerprint density at radius 2 is 1.00 bits per heavy atom. The van der Waals surface area contributed by atoms with E-state index >= 15 is 0 Å².